The van der Waals surface area contributed by atoms with E-state index in [4.69, 9.17) is 90.0 Å². The molecule has 33 heteroatoms. The number of nitrogens with zero attached hydrogens (tertiary/aromatic N) is 6. The Hall–Kier alpha value is -13.3. The van der Waals surface area contributed by atoms with E-state index in [1.807, 2.05) is 196 Å². The monoisotopic (exact) mass is 1920 g/mol. The van der Waals surface area contributed by atoms with Crippen molar-refractivity contribution in [3.63, 3.8) is 0 Å². The molecular formula is C108H114N8O25. The van der Waals surface area contributed by atoms with Crippen LogP contribution in [0.3, 0.4) is 0 Å². The Morgan fingerprint density at radius 3 is 0.851 bits per heavy atom. The number of hydrogen-bond acceptors (Lipinski definition) is 29. The van der Waals surface area contributed by atoms with E-state index in [2.05, 4.69) is 31.3 Å². The van der Waals surface area contributed by atoms with E-state index in [1.54, 1.807) is 134 Å². The minimum atomic E-state index is -1.50. The summed E-state index contributed by atoms with van der Waals surface area (Å²) >= 11 is 0. The summed E-state index contributed by atoms with van der Waals surface area (Å²) in [5, 5.41) is 23.9. The fourth-order valence-corrected chi connectivity index (χ4v) is 17.1. The topological polar surface area (TPSA) is 363 Å². The van der Waals surface area contributed by atoms with Gasteiger partial charge in [0.15, 0.2) is 37.2 Å². The summed E-state index contributed by atoms with van der Waals surface area (Å²) in [4.78, 5) is 85.6. The number of carbonyl (C=O) groups excluding carboxylic acids is 6. The molecule has 6 heterocycles. The molecule has 20 atom stereocenters. The fourth-order valence-electron chi connectivity index (χ4n) is 17.1. The summed E-state index contributed by atoms with van der Waals surface area (Å²) < 4.78 is 130. The first-order chi connectivity index (χ1) is 69.1. The summed E-state index contributed by atoms with van der Waals surface area (Å²) in [5.41, 5.74) is 6.63. The lowest BCUT2D eigenvalue weighted by molar-refractivity contribution is -0.350. The Kier molecular flexibility index (Phi) is 36.6. The van der Waals surface area contributed by atoms with Crippen LogP contribution >= 0.6 is 0 Å². The van der Waals surface area contributed by atoms with Gasteiger partial charge in [0.05, 0.1) is 126 Å². The van der Waals surface area contributed by atoms with Crippen LogP contribution in [0.15, 0.2) is 316 Å². The van der Waals surface area contributed by atoms with Crippen LogP contribution in [0.5, 0.6) is 0 Å². The molecule has 4 saturated heterocycles. The van der Waals surface area contributed by atoms with Crippen molar-refractivity contribution in [3.05, 3.63) is 383 Å². The Morgan fingerprint density at radius 1 is 0.298 bits per heavy atom. The zero-order chi connectivity index (χ0) is 97.4. The third-order valence-corrected chi connectivity index (χ3v) is 24.0. The Morgan fingerprint density at radius 2 is 0.560 bits per heavy atom. The molecule has 33 nitrogen and oxygen atoms in total. The van der Waals surface area contributed by atoms with Gasteiger partial charge in [-0.25, -0.2) is 28.5 Å². The second-order valence-corrected chi connectivity index (χ2v) is 34.3. The molecule has 12 aromatic rings. The highest BCUT2D eigenvalue weighted by Gasteiger charge is 2.58. The molecule has 0 unspecified atom stereocenters. The van der Waals surface area contributed by atoms with Gasteiger partial charge in [0.25, 0.3) is 0 Å². The van der Waals surface area contributed by atoms with E-state index in [0.29, 0.717) is 11.4 Å². The largest absolute Gasteiger partial charge is 0.459 e. The van der Waals surface area contributed by atoms with Crippen LogP contribution < -0.4 is 10.6 Å². The Balaban J connectivity index is 0.612. The predicted molar refractivity (Wildman–Crippen MR) is 506 cm³/mol. The summed E-state index contributed by atoms with van der Waals surface area (Å²) in [7, 11) is 0. The first kappa shape index (κ1) is 101. The molecule has 4 aliphatic heterocycles. The van der Waals surface area contributed by atoms with Crippen LogP contribution in [0.4, 0.5) is 0 Å². The third kappa shape index (κ3) is 28.1. The van der Waals surface area contributed by atoms with Crippen molar-refractivity contribution >= 4 is 35.7 Å². The molecule has 4 fully saturated rings. The van der Waals surface area contributed by atoms with Gasteiger partial charge >= 0.3 is 23.9 Å². The van der Waals surface area contributed by atoms with E-state index in [1.165, 1.54) is 23.2 Å². The number of nitrogens with one attached hydrogen (secondary N) is 2. The van der Waals surface area contributed by atoms with Crippen molar-refractivity contribution in [2.24, 2.45) is 0 Å². The molecule has 10 aromatic carbocycles. The quantitative estimate of drug-likeness (QED) is 0.0203. The number of esters is 4. The number of carbonyl (C=O) groups is 6. The second-order valence-electron chi connectivity index (χ2n) is 34.3. The van der Waals surface area contributed by atoms with Gasteiger partial charge in [-0.1, -0.05) is 265 Å². The molecular weight excluding hydrogens is 1810 g/mol. The molecule has 16 rings (SSSR count). The molecule has 0 aliphatic carbocycles. The summed E-state index contributed by atoms with van der Waals surface area (Å²) in [5.74, 6) is -4.10. The summed E-state index contributed by atoms with van der Waals surface area (Å²) in [6.45, 7) is 6.17. The molecule has 0 bridgehead atoms. The van der Waals surface area contributed by atoms with E-state index in [0.717, 1.165) is 33.4 Å². The first-order valence-corrected chi connectivity index (χ1v) is 47.0. The van der Waals surface area contributed by atoms with Gasteiger partial charge in [-0.05, 0) is 95.8 Å². The smallest absolute Gasteiger partial charge is 0.338 e. The maximum atomic E-state index is 14.8. The van der Waals surface area contributed by atoms with Crippen molar-refractivity contribution in [1.29, 1.82) is 0 Å². The van der Waals surface area contributed by atoms with E-state index in [9.17, 15) is 28.8 Å². The van der Waals surface area contributed by atoms with Gasteiger partial charge in [0.2, 0.25) is 11.8 Å². The minimum Gasteiger partial charge on any atom is -0.459 e. The summed E-state index contributed by atoms with van der Waals surface area (Å²) in [6, 6.07) is 88.5. The molecule has 4 aliphatic rings. The first-order valence-electron chi connectivity index (χ1n) is 47.0. The molecule has 0 saturated carbocycles. The number of ether oxygens (including phenoxy) is 19. The number of amides is 2. The maximum absolute atomic E-state index is 14.8. The average molecular weight is 1920 g/mol. The summed E-state index contributed by atoms with van der Waals surface area (Å²) in [6.07, 6.45) is -18.0. The van der Waals surface area contributed by atoms with Gasteiger partial charge in [-0.3, -0.25) is 9.59 Å². The zero-order valence-electron chi connectivity index (χ0n) is 78.4. The van der Waals surface area contributed by atoms with Gasteiger partial charge in [0, 0.05) is 13.8 Å². The lowest BCUT2D eigenvalue weighted by Crippen LogP contribution is -2.67. The van der Waals surface area contributed by atoms with Crippen LogP contribution in [-0.4, -0.2) is 215 Å². The maximum Gasteiger partial charge on any atom is 0.338 e. The van der Waals surface area contributed by atoms with Crippen molar-refractivity contribution in [2.45, 2.75) is 203 Å². The lowest BCUT2D eigenvalue weighted by Gasteiger charge is -2.49. The molecule has 2 amide bonds. The van der Waals surface area contributed by atoms with E-state index >= 15 is 0 Å². The normalized spacial score (nSPS) is 24.4. The predicted octanol–water partition coefficient (Wildman–Crippen LogP) is 13.4. The molecule has 736 valence electrons. The number of rotatable bonds is 46. The van der Waals surface area contributed by atoms with Crippen LogP contribution in [0.2, 0.25) is 0 Å². The molecule has 141 heavy (non-hydrogen) atoms. The van der Waals surface area contributed by atoms with Crippen LogP contribution in [0.1, 0.15) is 126 Å². The van der Waals surface area contributed by atoms with Gasteiger partial charge in [0.1, 0.15) is 97.7 Å². The third-order valence-electron chi connectivity index (χ3n) is 24.0. The van der Waals surface area contributed by atoms with Crippen LogP contribution in [-0.2, 0) is 152 Å². The van der Waals surface area contributed by atoms with Gasteiger partial charge in [-0.15, -0.1) is 10.2 Å². The average Bonchev–Trinajstić information content (AvgIpc) is 1.70. The van der Waals surface area contributed by atoms with Crippen LogP contribution in [0.25, 0.3) is 0 Å². The Labute approximate surface area is 816 Å². The molecule has 2 N–H and O–H groups in total. The van der Waals surface area contributed by atoms with E-state index in [-0.39, 0.29) is 102 Å². The van der Waals surface area contributed by atoms with Crippen molar-refractivity contribution in [2.75, 3.05) is 39.6 Å². The van der Waals surface area contributed by atoms with Crippen LogP contribution in [0, 0.1) is 0 Å². The SMILES string of the molecule is CC(=O)N[C@@H]1[C@@H](OC(=O)c2ccccc2)[C@H](O[C@@H]2O[C@@H](C)[C@@H](OCc3ccccc3)[C@@H](OCc3ccccc3)[C@@H]2OCc2ccccc2)[C@@H](COC(=O)c2ccccc2)O[C@H]1n1cc(COCCOCCOCc2cn([C@@H]3O[C@H](COC(=O)c4ccccc4)[C@@H](O[C@@H]4O[C@@H](C)[C@@H](OCc5ccccc5)[C@@H](OCc5ccccc5)[C@@H]4OCc4ccccc4)[C@H](OC(=O)c4ccccc4)[C@H]3NC(C)=O)nn2)nn1. The highest BCUT2D eigenvalue weighted by atomic mass is 16.8. The van der Waals surface area contributed by atoms with E-state index < -0.39 is 171 Å². The standard InChI is InChI=1S/C108H114N8O25/c1-71-91(126-61-75-35-15-5-16-36-75)97(128-63-77-39-19-7-20-40-77)99(130-65-79-43-23-9-24-44-79)107(134-71)140-93-87(69-132-103(119)81-47-27-11-28-48-81)136-101(89(109-73(3)117)95(93)138-105(121)83-51-31-13-32-52-83)115-59-85(111-113-115)67-124-57-55-123-56-58-125-68-86-60-116(114-112-86)102-90(110-74(4)118)96(139-106(122)84-53-33-14-34-54-84)94(88(137-102)70-133-104(120)82-49-29-12-30-50-82)141-108-100(131-66-80-45-25-10-26-46-80)98(129-64-78-41-21-8-22-42-78)92(72(2)135-108)127-62-76-37-17-6-18-38-76/h5-54,59-60,71-72,87-102,107-108H,55-58,61-70H2,1-4H3,(H,109,117)(H,110,118)/t71-,72-,87+,88+,89+,90+,91+,92+,93+,94+,95+,96+,97+,98+,99-,100-,101+,102+,107-,108-/m0/s1. The zero-order valence-corrected chi connectivity index (χ0v) is 78.4. The molecule has 0 spiro atoms. The number of aromatic nitrogens is 6. The minimum absolute atomic E-state index is 0.0575. The highest BCUT2D eigenvalue weighted by molar-refractivity contribution is 5.91. The van der Waals surface area contributed by atoms with Gasteiger partial charge in [-0.2, -0.15) is 0 Å². The van der Waals surface area contributed by atoms with Crippen molar-refractivity contribution < 1.29 is 119 Å². The molecule has 0 radical (unpaired) electrons. The van der Waals surface area contributed by atoms with Crippen molar-refractivity contribution in [3.8, 4) is 0 Å². The highest BCUT2D eigenvalue weighted by Crippen LogP contribution is 2.41. The fraction of sp³-hybridized carbons (Fsp3) is 0.352. The molecule has 2 aromatic heterocycles. The number of hydrogen-bond donors (Lipinski definition) is 2. The van der Waals surface area contributed by atoms with Crippen molar-refractivity contribution in [1.82, 2.24) is 40.6 Å². The Bertz CT molecular complexity index is 5490. The lowest BCUT2D eigenvalue weighted by atomic mass is 9.94. The second kappa shape index (κ2) is 51.2. The number of benzene rings is 10. The van der Waals surface area contributed by atoms with Gasteiger partial charge < -0.3 is 101 Å².